The molecule has 5 heteroatoms. The molecule has 0 saturated heterocycles. The van der Waals surface area contributed by atoms with E-state index in [0.29, 0.717) is 6.04 Å². The van der Waals surface area contributed by atoms with Gasteiger partial charge in [-0.3, -0.25) is 0 Å². The maximum atomic E-state index is 6.04. The Bertz CT molecular complexity index is 514. The van der Waals surface area contributed by atoms with Crippen LogP contribution in [0.15, 0.2) is 34.2 Å². The number of hydrogen-bond acceptors (Lipinski definition) is 3. The van der Waals surface area contributed by atoms with Crippen LogP contribution < -0.4 is 5.32 Å². The molecule has 18 heavy (non-hydrogen) atoms. The van der Waals surface area contributed by atoms with Crippen LogP contribution in [-0.2, 0) is 0 Å². The summed E-state index contributed by atoms with van der Waals surface area (Å²) in [6.45, 7) is 4.26. The van der Waals surface area contributed by atoms with Crippen LogP contribution in [0.25, 0.3) is 0 Å². The van der Waals surface area contributed by atoms with E-state index >= 15 is 0 Å². The molecular weight excluding hydrogens is 332 g/mol. The third kappa shape index (κ3) is 3.32. The summed E-state index contributed by atoms with van der Waals surface area (Å²) >= 11 is 11.2. The number of benzene rings is 1. The molecule has 1 atom stereocenters. The Morgan fingerprint density at radius 1 is 1.39 bits per heavy atom. The van der Waals surface area contributed by atoms with Gasteiger partial charge in [-0.1, -0.05) is 17.7 Å². The summed E-state index contributed by atoms with van der Waals surface area (Å²) in [5.41, 5.74) is 1.16. The fraction of sp³-hybridized carbons (Fsp3) is 0.308. The molecule has 1 heterocycles. The second-order valence-corrected chi connectivity index (χ2v) is 6.49. The lowest BCUT2D eigenvalue weighted by atomic mass is 10.1. The number of nitrogens with zero attached hydrogens (tertiary/aromatic N) is 1. The minimum absolute atomic E-state index is 0.110. The molecule has 0 radical (unpaired) electrons. The van der Waals surface area contributed by atoms with E-state index in [9.17, 15) is 0 Å². The van der Waals surface area contributed by atoms with Gasteiger partial charge >= 0.3 is 0 Å². The molecule has 0 fully saturated rings. The topological polar surface area (TPSA) is 24.9 Å². The Labute approximate surface area is 125 Å². The van der Waals surface area contributed by atoms with Crippen molar-refractivity contribution in [2.24, 2.45) is 0 Å². The first kappa shape index (κ1) is 14.0. The molecule has 1 N–H and O–H groups in total. The molecule has 1 aromatic carbocycles. The van der Waals surface area contributed by atoms with Crippen LogP contribution in [0, 0.1) is 0 Å². The molecule has 96 valence electrons. The molecule has 1 aromatic heterocycles. The quantitative estimate of drug-likeness (QED) is 0.872. The summed E-state index contributed by atoms with van der Waals surface area (Å²) in [4.78, 5) is 4.41. The van der Waals surface area contributed by atoms with Crippen molar-refractivity contribution in [3.05, 3.63) is 49.8 Å². The zero-order valence-corrected chi connectivity index (χ0v) is 13.3. The van der Waals surface area contributed by atoms with E-state index in [2.05, 4.69) is 40.1 Å². The van der Waals surface area contributed by atoms with Crippen molar-refractivity contribution in [2.45, 2.75) is 25.9 Å². The Balaban J connectivity index is 2.36. The minimum atomic E-state index is 0.110. The normalized spacial score (nSPS) is 12.9. The smallest absolute Gasteiger partial charge is 0.114 e. The monoisotopic (exact) mass is 344 g/mol. The zero-order valence-electron chi connectivity index (χ0n) is 10.2. The largest absolute Gasteiger partial charge is 0.302 e. The summed E-state index contributed by atoms with van der Waals surface area (Å²) in [6, 6.07) is 6.48. The second-order valence-electron chi connectivity index (χ2n) is 4.30. The predicted octanol–water partition coefficient (Wildman–Crippen LogP) is 4.65. The lowest BCUT2D eigenvalue weighted by molar-refractivity contribution is 0.527. The first-order chi connectivity index (χ1) is 8.58. The highest BCUT2D eigenvalue weighted by Gasteiger charge is 2.18. The van der Waals surface area contributed by atoms with Gasteiger partial charge in [-0.05, 0) is 47.5 Å². The maximum Gasteiger partial charge on any atom is 0.114 e. The number of rotatable bonds is 4. The standard InChI is InChI=1S/C13H14BrClN2S/c1-8(2)17-12(13-16-5-6-18-13)9-3-4-11(15)10(14)7-9/h3-8,12,17H,1-2H3. The highest BCUT2D eigenvalue weighted by molar-refractivity contribution is 9.10. The van der Waals surface area contributed by atoms with Crippen LogP contribution in [0.3, 0.4) is 0 Å². The van der Waals surface area contributed by atoms with Crippen molar-refractivity contribution >= 4 is 38.9 Å². The van der Waals surface area contributed by atoms with E-state index in [-0.39, 0.29) is 6.04 Å². The Kier molecular flexibility index (Phi) is 4.78. The Morgan fingerprint density at radius 3 is 2.72 bits per heavy atom. The lowest BCUT2D eigenvalue weighted by Gasteiger charge is -2.20. The van der Waals surface area contributed by atoms with Gasteiger partial charge in [0.15, 0.2) is 0 Å². The van der Waals surface area contributed by atoms with Gasteiger partial charge in [0.2, 0.25) is 0 Å². The lowest BCUT2D eigenvalue weighted by Crippen LogP contribution is -2.28. The van der Waals surface area contributed by atoms with Crippen LogP contribution in [0.4, 0.5) is 0 Å². The van der Waals surface area contributed by atoms with Crippen LogP contribution in [0.1, 0.15) is 30.5 Å². The third-order valence-electron chi connectivity index (χ3n) is 2.48. The SMILES string of the molecule is CC(C)NC(c1ccc(Cl)c(Br)c1)c1nccs1. The van der Waals surface area contributed by atoms with Crippen LogP contribution in [0.2, 0.25) is 5.02 Å². The molecular formula is C13H14BrClN2S. The van der Waals surface area contributed by atoms with Gasteiger partial charge in [0.05, 0.1) is 11.1 Å². The molecule has 0 saturated carbocycles. The molecule has 2 aromatic rings. The Morgan fingerprint density at radius 2 is 2.17 bits per heavy atom. The second kappa shape index (κ2) is 6.15. The van der Waals surface area contributed by atoms with Crippen molar-refractivity contribution in [3.63, 3.8) is 0 Å². The zero-order chi connectivity index (χ0) is 13.1. The molecule has 1 unspecified atom stereocenters. The van der Waals surface area contributed by atoms with Crippen LogP contribution in [-0.4, -0.2) is 11.0 Å². The number of thiazole rings is 1. The van der Waals surface area contributed by atoms with Gasteiger partial charge in [0.1, 0.15) is 5.01 Å². The van der Waals surface area contributed by atoms with Crippen molar-refractivity contribution in [2.75, 3.05) is 0 Å². The van der Waals surface area contributed by atoms with Crippen molar-refractivity contribution in [3.8, 4) is 0 Å². The first-order valence-corrected chi connectivity index (χ1v) is 7.73. The molecule has 0 amide bonds. The fourth-order valence-corrected chi connectivity index (χ4v) is 2.95. The van der Waals surface area contributed by atoms with E-state index in [1.165, 1.54) is 0 Å². The maximum absolute atomic E-state index is 6.04. The van der Waals surface area contributed by atoms with E-state index in [4.69, 9.17) is 11.6 Å². The average molecular weight is 346 g/mol. The number of halogens is 2. The third-order valence-corrected chi connectivity index (χ3v) is 4.53. The first-order valence-electron chi connectivity index (χ1n) is 5.68. The van der Waals surface area contributed by atoms with Gasteiger partial charge in [0, 0.05) is 22.1 Å². The highest BCUT2D eigenvalue weighted by Crippen LogP contribution is 2.30. The Hall–Kier alpha value is -0.420. The minimum Gasteiger partial charge on any atom is -0.302 e. The van der Waals surface area contributed by atoms with E-state index < -0.39 is 0 Å². The van der Waals surface area contributed by atoms with Gasteiger partial charge in [-0.25, -0.2) is 4.98 Å². The molecule has 2 rings (SSSR count). The molecule has 0 bridgehead atoms. The fourth-order valence-electron chi connectivity index (χ4n) is 1.71. The summed E-state index contributed by atoms with van der Waals surface area (Å²) in [5, 5.41) is 7.32. The number of nitrogens with one attached hydrogen (secondary N) is 1. The molecule has 0 aliphatic rings. The van der Waals surface area contributed by atoms with Crippen molar-refractivity contribution in [1.29, 1.82) is 0 Å². The van der Waals surface area contributed by atoms with Crippen LogP contribution in [0.5, 0.6) is 0 Å². The number of hydrogen-bond donors (Lipinski definition) is 1. The van der Waals surface area contributed by atoms with E-state index in [1.807, 2.05) is 29.8 Å². The van der Waals surface area contributed by atoms with Crippen LogP contribution >= 0.6 is 38.9 Å². The van der Waals surface area contributed by atoms with Gasteiger partial charge < -0.3 is 5.32 Å². The highest BCUT2D eigenvalue weighted by atomic mass is 79.9. The number of aromatic nitrogens is 1. The summed E-state index contributed by atoms with van der Waals surface area (Å²) in [5.74, 6) is 0. The van der Waals surface area contributed by atoms with Crippen molar-refractivity contribution < 1.29 is 0 Å². The summed E-state index contributed by atoms with van der Waals surface area (Å²) in [6.07, 6.45) is 1.83. The summed E-state index contributed by atoms with van der Waals surface area (Å²) in [7, 11) is 0. The molecule has 2 nitrogen and oxygen atoms in total. The molecule has 0 aliphatic heterocycles. The van der Waals surface area contributed by atoms with Gasteiger partial charge in [-0.15, -0.1) is 11.3 Å². The van der Waals surface area contributed by atoms with E-state index in [0.717, 1.165) is 20.1 Å². The average Bonchev–Trinajstić information content (AvgIpc) is 2.83. The van der Waals surface area contributed by atoms with Gasteiger partial charge in [0.25, 0.3) is 0 Å². The molecule has 0 spiro atoms. The summed E-state index contributed by atoms with van der Waals surface area (Å²) < 4.78 is 0.911. The van der Waals surface area contributed by atoms with Crippen molar-refractivity contribution in [1.82, 2.24) is 10.3 Å². The predicted molar refractivity (Wildman–Crippen MR) is 81.4 cm³/mol. The van der Waals surface area contributed by atoms with Gasteiger partial charge in [-0.2, -0.15) is 0 Å². The molecule has 0 aliphatic carbocycles. The van der Waals surface area contributed by atoms with E-state index in [1.54, 1.807) is 11.3 Å².